The quantitative estimate of drug-likeness (QED) is 0.609. The second kappa shape index (κ2) is 6.02. The number of nitrogens with one attached hydrogen (secondary N) is 1. The number of hydrogen-bond acceptors (Lipinski definition) is 4. The molecule has 3 atom stereocenters. The van der Waals surface area contributed by atoms with Gasteiger partial charge in [-0.15, -0.1) is 0 Å². The van der Waals surface area contributed by atoms with Crippen molar-refractivity contribution >= 4 is 27.8 Å². The predicted molar refractivity (Wildman–Crippen MR) is 70.4 cm³/mol. The molecule has 2 saturated heterocycles. The average Bonchev–Trinajstić information content (AvgIpc) is 2.38. The van der Waals surface area contributed by atoms with Crippen LogP contribution in [0.4, 0.5) is 0 Å². The molecule has 0 radical (unpaired) electrons. The molecule has 1 N–H and O–H groups in total. The fourth-order valence-corrected chi connectivity index (χ4v) is 3.38. The Labute approximate surface area is 115 Å². The van der Waals surface area contributed by atoms with Crippen molar-refractivity contribution in [3.8, 4) is 0 Å². The lowest BCUT2D eigenvalue weighted by atomic mass is 9.85. The maximum Gasteiger partial charge on any atom is 0.320 e. The van der Waals surface area contributed by atoms with Gasteiger partial charge in [0.25, 0.3) is 0 Å². The van der Waals surface area contributed by atoms with Crippen molar-refractivity contribution in [2.45, 2.75) is 30.1 Å². The second-order valence-corrected chi connectivity index (χ2v) is 6.12. The zero-order valence-electron chi connectivity index (χ0n) is 10.5. The van der Waals surface area contributed by atoms with Gasteiger partial charge in [0, 0.05) is 32.1 Å². The molecule has 0 aromatic heterocycles. The maximum absolute atomic E-state index is 11.4. The number of hydrogen-bond donors (Lipinski definition) is 1. The number of rotatable bonds is 3. The molecule has 1 amide bonds. The van der Waals surface area contributed by atoms with Gasteiger partial charge >= 0.3 is 5.97 Å². The largest absolute Gasteiger partial charge is 0.468 e. The Kier molecular flexibility index (Phi) is 4.61. The summed E-state index contributed by atoms with van der Waals surface area (Å²) in [6, 6.07) is 0.328. The van der Waals surface area contributed by atoms with Gasteiger partial charge < -0.3 is 15.0 Å². The third-order valence-electron chi connectivity index (χ3n) is 3.78. The van der Waals surface area contributed by atoms with Crippen LogP contribution >= 0.6 is 15.9 Å². The molecule has 0 aliphatic carbocycles. The first-order valence-corrected chi connectivity index (χ1v) is 7.25. The second-order valence-electron chi connectivity index (χ2n) is 5.01. The summed E-state index contributed by atoms with van der Waals surface area (Å²) in [5, 5.41) is 3.06. The van der Waals surface area contributed by atoms with E-state index in [0.29, 0.717) is 24.9 Å². The fraction of sp³-hybridized carbons (Fsp3) is 0.833. The summed E-state index contributed by atoms with van der Waals surface area (Å²) in [5.74, 6) is 0.473. The molecule has 0 bridgehead atoms. The normalized spacial score (nSPS) is 30.2. The van der Waals surface area contributed by atoms with Gasteiger partial charge in [-0.05, 0) is 18.8 Å². The van der Waals surface area contributed by atoms with Crippen LogP contribution in [-0.2, 0) is 14.3 Å². The first-order valence-electron chi connectivity index (χ1n) is 6.33. The molecule has 0 spiro atoms. The summed E-state index contributed by atoms with van der Waals surface area (Å²) >= 11 is 3.35. The van der Waals surface area contributed by atoms with Crippen molar-refractivity contribution in [1.82, 2.24) is 10.2 Å². The molecular weight excluding hydrogens is 300 g/mol. The van der Waals surface area contributed by atoms with E-state index >= 15 is 0 Å². The molecule has 2 aliphatic heterocycles. The minimum absolute atomic E-state index is 0.178. The minimum atomic E-state index is -0.266. The Bertz CT molecular complexity index is 337. The number of likely N-dealkylation sites (tertiary alicyclic amines) is 1. The number of amides is 1. The smallest absolute Gasteiger partial charge is 0.320 e. The van der Waals surface area contributed by atoms with E-state index in [1.165, 1.54) is 7.11 Å². The van der Waals surface area contributed by atoms with E-state index in [-0.39, 0.29) is 16.7 Å². The van der Waals surface area contributed by atoms with Crippen LogP contribution in [0.5, 0.6) is 0 Å². The van der Waals surface area contributed by atoms with Crippen LogP contribution in [-0.4, -0.2) is 54.4 Å². The molecular formula is C12H19BrN2O3. The summed E-state index contributed by atoms with van der Waals surface area (Å²) in [6.07, 6.45) is 2.55. The molecule has 102 valence electrons. The lowest BCUT2D eigenvalue weighted by Crippen LogP contribution is -2.54. The average molecular weight is 319 g/mol. The molecule has 0 aromatic carbocycles. The summed E-state index contributed by atoms with van der Waals surface area (Å²) in [6.45, 7) is 2.54. The highest BCUT2D eigenvalue weighted by Gasteiger charge is 2.34. The van der Waals surface area contributed by atoms with Crippen LogP contribution in [0, 0.1) is 5.92 Å². The van der Waals surface area contributed by atoms with Crippen molar-refractivity contribution in [2.75, 3.05) is 26.7 Å². The number of fused-ring (bicyclic) bond motifs is 1. The summed E-state index contributed by atoms with van der Waals surface area (Å²) in [4.78, 5) is 24.7. The number of esters is 1. The zero-order valence-corrected chi connectivity index (χ0v) is 12.1. The van der Waals surface area contributed by atoms with Crippen LogP contribution in [0.1, 0.15) is 19.3 Å². The molecule has 0 aromatic rings. The van der Waals surface area contributed by atoms with E-state index in [1.54, 1.807) is 0 Å². The first kappa shape index (κ1) is 13.8. The molecule has 2 rings (SSSR count). The number of piperidine rings is 2. The highest BCUT2D eigenvalue weighted by Crippen LogP contribution is 2.25. The zero-order chi connectivity index (χ0) is 13.1. The number of carbonyl (C=O) groups is 2. The monoisotopic (exact) mass is 318 g/mol. The van der Waals surface area contributed by atoms with E-state index < -0.39 is 0 Å². The molecule has 6 heteroatoms. The van der Waals surface area contributed by atoms with Gasteiger partial charge in [-0.2, -0.15) is 0 Å². The Morgan fingerprint density at radius 3 is 3.11 bits per heavy atom. The molecule has 5 nitrogen and oxygen atoms in total. The van der Waals surface area contributed by atoms with Crippen molar-refractivity contribution < 1.29 is 14.3 Å². The van der Waals surface area contributed by atoms with Crippen molar-refractivity contribution in [2.24, 2.45) is 5.92 Å². The predicted octanol–water partition coefficient (Wildman–Crippen LogP) is 0.523. The number of methoxy groups -OCH3 is 1. The highest BCUT2D eigenvalue weighted by molar-refractivity contribution is 9.10. The van der Waals surface area contributed by atoms with E-state index in [9.17, 15) is 9.59 Å². The molecule has 0 saturated carbocycles. The van der Waals surface area contributed by atoms with Gasteiger partial charge in [-0.3, -0.25) is 9.59 Å². The molecule has 18 heavy (non-hydrogen) atoms. The van der Waals surface area contributed by atoms with E-state index in [4.69, 9.17) is 4.74 Å². The van der Waals surface area contributed by atoms with Crippen molar-refractivity contribution in [3.05, 3.63) is 0 Å². The third-order valence-corrected chi connectivity index (χ3v) is 4.45. The van der Waals surface area contributed by atoms with Crippen LogP contribution < -0.4 is 5.32 Å². The van der Waals surface area contributed by atoms with Crippen LogP contribution in [0.3, 0.4) is 0 Å². The molecule has 3 unspecified atom stereocenters. The Hall–Kier alpha value is -0.620. The van der Waals surface area contributed by atoms with Crippen LogP contribution in [0.25, 0.3) is 0 Å². The van der Waals surface area contributed by atoms with Gasteiger partial charge in [0.1, 0.15) is 4.83 Å². The number of carbonyl (C=O) groups excluding carboxylic acids is 2. The summed E-state index contributed by atoms with van der Waals surface area (Å²) in [5.41, 5.74) is 0. The highest BCUT2D eigenvalue weighted by atomic mass is 79.9. The number of alkyl halides is 1. The molecule has 2 heterocycles. The molecule has 2 aliphatic rings. The van der Waals surface area contributed by atoms with E-state index in [1.807, 2.05) is 0 Å². The number of ether oxygens (including phenoxy) is 1. The summed E-state index contributed by atoms with van der Waals surface area (Å²) < 4.78 is 4.70. The van der Waals surface area contributed by atoms with Gasteiger partial charge in [-0.25, -0.2) is 0 Å². The van der Waals surface area contributed by atoms with Crippen LogP contribution in [0.2, 0.25) is 0 Å². The lowest BCUT2D eigenvalue weighted by Gasteiger charge is -2.41. The van der Waals surface area contributed by atoms with E-state index in [2.05, 4.69) is 26.1 Å². The fourth-order valence-electron chi connectivity index (χ4n) is 2.78. The Balaban J connectivity index is 1.84. The Morgan fingerprint density at radius 1 is 1.61 bits per heavy atom. The lowest BCUT2D eigenvalue weighted by molar-refractivity contribution is -0.140. The topological polar surface area (TPSA) is 58.6 Å². The Morgan fingerprint density at radius 2 is 2.39 bits per heavy atom. The number of nitrogens with zero attached hydrogens (tertiary/aromatic N) is 1. The van der Waals surface area contributed by atoms with Crippen LogP contribution in [0.15, 0.2) is 0 Å². The number of halogens is 1. The minimum Gasteiger partial charge on any atom is -0.468 e. The van der Waals surface area contributed by atoms with Gasteiger partial charge in [0.05, 0.1) is 7.11 Å². The first-order chi connectivity index (χ1) is 8.60. The van der Waals surface area contributed by atoms with Gasteiger partial charge in [0.15, 0.2) is 0 Å². The molecule has 2 fully saturated rings. The maximum atomic E-state index is 11.4. The summed E-state index contributed by atoms with van der Waals surface area (Å²) in [7, 11) is 1.40. The van der Waals surface area contributed by atoms with Gasteiger partial charge in [-0.1, -0.05) is 15.9 Å². The van der Waals surface area contributed by atoms with E-state index in [0.717, 1.165) is 25.9 Å². The third kappa shape index (κ3) is 3.23. The standard InChI is InChI=1S/C12H19BrN2O3/c1-18-12(17)9(13)7-15-5-4-10-8(6-15)2-3-11(16)14-10/h8-10H,2-7H2,1H3,(H,14,16). The van der Waals surface area contributed by atoms with Crippen molar-refractivity contribution in [3.63, 3.8) is 0 Å². The SMILES string of the molecule is COC(=O)C(Br)CN1CCC2NC(=O)CCC2C1. The van der Waals surface area contributed by atoms with Crippen molar-refractivity contribution in [1.29, 1.82) is 0 Å². The van der Waals surface area contributed by atoms with Gasteiger partial charge in [0.2, 0.25) is 5.91 Å².